The average molecular weight is 435 g/mol. The largest absolute Gasteiger partial charge is 0.338 e. The SMILES string of the molecule is O=C(NCCC1=CCCCC1)N1CCC(c2nc(C(=O)N3CCSC3)cs2)CC1. The number of nitrogens with one attached hydrogen (secondary N) is 1. The number of amides is 3. The van der Waals surface area contributed by atoms with Crippen molar-refractivity contribution in [2.24, 2.45) is 0 Å². The monoisotopic (exact) mass is 434 g/mol. The van der Waals surface area contributed by atoms with Gasteiger partial charge in [0.25, 0.3) is 5.91 Å². The quantitative estimate of drug-likeness (QED) is 0.710. The molecule has 4 rings (SSSR count). The van der Waals surface area contributed by atoms with Gasteiger partial charge in [0.2, 0.25) is 0 Å². The lowest BCUT2D eigenvalue weighted by atomic mass is 9.97. The molecule has 0 saturated carbocycles. The molecule has 0 unspecified atom stereocenters. The van der Waals surface area contributed by atoms with Crippen molar-refractivity contribution in [1.29, 1.82) is 0 Å². The Morgan fingerprint density at radius 2 is 2.03 bits per heavy atom. The number of hydrogen-bond acceptors (Lipinski definition) is 5. The number of thioether (sulfide) groups is 1. The fourth-order valence-electron chi connectivity index (χ4n) is 4.21. The zero-order valence-corrected chi connectivity index (χ0v) is 18.5. The lowest BCUT2D eigenvalue weighted by molar-refractivity contribution is 0.0797. The van der Waals surface area contributed by atoms with Gasteiger partial charge in [-0.25, -0.2) is 9.78 Å². The van der Waals surface area contributed by atoms with Crippen molar-refractivity contribution in [2.45, 2.75) is 50.9 Å². The van der Waals surface area contributed by atoms with Gasteiger partial charge in [-0.05, 0) is 44.9 Å². The summed E-state index contributed by atoms with van der Waals surface area (Å²) in [7, 11) is 0. The summed E-state index contributed by atoms with van der Waals surface area (Å²) >= 11 is 3.38. The average Bonchev–Trinajstić information content (AvgIpc) is 3.47. The van der Waals surface area contributed by atoms with E-state index in [-0.39, 0.29) is 11.9 Å². The first kappa shape index (κ1) is 20.7. The molecule has 1 N–H and O–H groups in total. The number of likely N-dealkylation sites (tertiary alicyclic amines) is 1. The summed E-state index contributed by atoms with van der Waals surface area (Å²) in [6.45, 7) is 3.06. The molecule has 8 heteroatoms. The van der Waals surface area contributed by atoms with Crippen LogP contribution in [0.3, 0.4) is 0 Å². The van der Waals surface area contributed by atoms with Gasteiger partial charge in [-0.15, -0.1) is 23.1 Å². The number of carbonyl (C=O) groups excluding carboxylic acids is 2. The van der Waals surface area contributed by atoms with E-state index in [9.17, 15) is 9.59 Å². The van der Waals surface area contributed by atoms with Gasteiger partial charge in [0, 0.05) is 43.2 Å². The van der Waals surface area contributed by atoms with E-state index in [1.54, 1.807) is 23.1 Å². The molecular weight excluding hydrogens is 404 g/mol. The molecule has 0 bridgehead atoms. The molecule has 1 aromatic rings. The fraction of sp³-hybridized carbons (Fsp3) is 0.667. The second-order valence-electron chi connectivity index (χ2n) is 8.03. The Morgan fingerprint density at radius 3 is 2.76 bits per heavy atom. The molecule has 3 heterocycles. The molecule has 0 spiro atoms. The van der Waals surface area contributed by atoms with Gasteiger partial charge in [0.1, 0.15) is 5.69 Å². The van der Waals surface area contributed by atoms with Crippen LogP contribution in [0.2, 0.25) is 0 Å². The van der Waals surface area contributed by atoms with Crippen LogP contribution in [0, 0.1) is 0 Å². The smallest absolute Gasteiger partial charge is 0.317 e. The van der Waals surface area contributed by atoms with Crippen molar-refractivity contribution in [3.8, 4) is 0 Å². The Morgan fingerprint density at radius 1 is 1.17 bits per heavy atom. The van der Waals surface area contributed by atoms with Crippen molar-refractivity contribution in [1.82, 2.24) is 20.1 Å². The van der Waals surface area contributed by atoms with Crippen LogP contribution < -0.4 is 5.32 Å². The first-order valence-electron chi connectivity index (χ1n) is 10.7. The Labute approximate surface area is 181 Å². The van der Waals surface area contributed by atoms with Crippen LogP contribution in [-0.2, 0) is 0 Å². The summed E-state index contributed by atoms with van der Waals surface area (Å²) in [4.78, 5) is 33.4. The van der Waals surface area contributed by atoms with E-state index in [1.807, 2.05) is 15.2 Å². The third-order valence-electron chi connectivity index (χ3n) is 6.02. The van der Waals surface area contributed by atoms with Crippen LogP contribution in [0.1, 0.15) is 66.4 Å². The van der Waals surface area contributed by atoms with Crippen molar-refractivity contribution < 1.29 is 9.59 Å². The number of urea groups is 1. The summed E-state index contributed by atoms with van der Waals surface area (Å²) in [6.07, 6.45) is 10.1. The summed E-state index contributed by atoms with van der Waals surface area (Å²) in [5.41, 5.74) is 2.08. The minimum atomic E-state index is 0.0569. The van der Waals surface area contributed by atoms with Crippen LogP contribution in [0.25, 0.3) is 0 Å². The molecule has 158 valence electrons. The highest BCUT2D eigenvalue weighted by atomic mass is 32.2. The van der Waals surface area contributed by atoms with Crippen LogP contribution in [0.5, 0.6) is 0 Å². The second-order valence-corrected chi connectivity index (χ2v) is 9.99. The summed E-state index contributed by atoms with van der Waals surface area (Å²) in [5, 5.41) is 6.03. The highest BCUT2D eigenvalue weighted by Crippen LogP contribution is 2.31. The molecule has 1 aliphatic carbocycles. The second kappa shape index (κ2) is 9.98. The van der Waals surface area contributed by atoms with Gasteiger partial charge in [0.05, 0.1) is 10.9 Å². The van der Waals surface area contributed by atoms with Crippen LogP contribution in [-0.4, -0.2) is 64.5 Å². The van der Waals surface area contributed by atoms with Gasteiger partial charge < -0.3 is 15.1 Å². The number of carbonyl (C=O) groups is 2. The van der Waals surface area contributed by atoms with Crippen molar-refractivity contribution in [3.63, 3.8) is 0 Å². The zero-order chi connectivity index (χ0) is 20.1. The molecule has 0 aromatic carbocycles. The molecular formula is C21H30N4O2S2. The molecule has 2 aliphatic heterocycles. The topological polar surface area (TPSA) is 65.5 Å². The lowest BCUT2D eigenvalue weighted by Gasteiger charge is -2.31. The van der Waals surface area contributed by atoms with Crippen molar-refractivity contribution in [3.05, 3.63) is 27.7 Å². The number of rotatable bonds is 5. The van der Waals surface area contributed by atoms with Gasteiger partial charge in [-0.2, -0.15) is 0 Å². The highest BCUT2D eigenvalue weighted by Gasteiger charge is 2.28. The maximum Gasteiger partial charge on any atom is 0.317 e. The van der Waals surface area contributed by atoms with Gasteiger partial charge in [-0.3, -0.25) is 4.79 Å². The fourth-order valence-corrected chi connectivity index (χ4v) is 6.12. The minimum Gasteiger partial charge on any atom is -0.338 e. The van der Waals surface area contributed by atoms with Gasteiger partial charge in [-0.1, -0.05) is 11.6 Å². The Balaban J connectivity index is 1.21. The van der Waals surface area contributed by atoms with Gasteiger partial charge >= 0.3 is 6.03 Å². The first-order chi connectivity index (χ1) is 14.2. The van der Waals surface area contributed by atoms with E-state index < -0.39 is 0 Å². The first-order valence-corrected chi connectivity index (χ1v) is 12.8. The van der Waals surface area contributed by atoms with E-state index in [2.05, 4.69) is 16.4 Å². The maximum atomic E-state index is 12.5. The molecule has 1 aromatic heterocycles. The van der Waals surface area contributed by atoms with Gasteiger partial charge in [0.15, 0.2) is 0 Å². The molecule has 0 atom stereocenters. The number of nitrogens with zero attached hydrogens (tertiary/aromatic N) is 3. The molecule has 3 amide bonds. The number of thiazole rings is 1. The third-order valence-corrected chi connectivity index (χ3v) is 7.99. The minimum absolute atomic E-state index is 0.0569. The normalized spacial score (nSPS) is 20.6. The number of piperidine rings is 1. The number of hydrogen-bond donors (Lipinski definition) is 1. The lowest BCUT2D eigenvalue weighted by Crippen LogP contribution is -2.44. The summed E-state index contributed by atoms with van der Waals surface area (Å²) in [6, 6.07) is 0.0569. The zero-order valence-electron chi connectivity index (χ0n) is 16.9. The molecule has 3 aliphatic rings. The van der Waals surface area contributed by atoms with Crippen molar-refractivity contribution in [2.75, 3.05) is 37.8 Å². The predicted molar refractivity (Wildman–Crippen MR) is 119 cm³/mol. The third kappa shape index (κ3) is 5.34. The van der Waals surface area contributed by atoms with E-state index in [0.717, 1.165) is 62.1 Å². The molecule has 0 radical (unpaired) electrons. The Bertz CT molecular complexity index is 750. The van der Waals surface area contributed by atoms with Crippen LogP contribution in [0.15, 0.2) is 17.0 Å². The highest BCUT2D eigenvalue weighted by molar-refractivity contribution is 7.99. The Hall–Kier alpha value is -1.54. The van der Waals surface area contributed by atoms with E-state index >= 15 is 0 Å². The summed E-state index contributed by atoms with van der Waals surface area (Å²) < 4.78 is 0. The van der Waals surface area contributed by atoms with Crippen LogP contribution in [0.4, 0.5) is 4.79 Å². The molecule has 2 saturated heterocycles. The summed E-state index contributed by atoms with van der Waals surface area (Å²) in [5.74, 6) is 2.20. The van der Waals surface area contributed by atoms with E-state index in [1.165, 1.54) is 31.3 Å². The predicted octanol–water partition coefficient (Wildman–Crippen LogP) is 4.07. The number of aromatic nitrogens is 1. The molecule has 6 nitrogen and oxygen atoms in total. The standard InChI is InChI=1S/C21H30N4O2S2/c26-20(25-12-13-28-15-25)18-14-29-19(23-18)17-7-10-24(11-8-17)21(27)22-9-6-16-4-2-1-3-5-16/h4,14,17H,1-3,5-13,15H2,(H,22,27). The maximum absolute atomic E-state index is 12.5. The molecule has 29 heavy (non-hydrogen) atoms. The van der Waals surface area contributed by atoms with Crippen molar-refractivity contribution >= 4 is 35.0 Å². The van der Waals surface area contributed by atoms with E-state index in [4.69, 9.17) is 0 Å². The number of allylic oxidation sites excluding steroid dienone is 1. The molecule has 2 fully saturated rings. The Kier molecular flexibility index (Phi) is 7.13. The van der Waals surface area contributed by atoms with Crippen LogP contribution >= 0.6 is 23.1 Å². The van der Waals surface area contributed by atoms with E-state index in [0.29, 0.717) is 11.6 Å².